The first-order valence-corrected chi connectivity index (χ1v) is 7.01. The van der Waals surface area contributed by atoms with Gasteiger partial charge in [-0.3, -0.25) is 14.9 Å². The van der Waals surface area contributed by atoms with Gasteiger partial charge in [0.05, 0.1) is 0 Å². The third kappa shape index (κ3) is 8.25. The monoisotopic (exact) mass is 338 g/mol. The first-order valence-electron chi connectivity index (χ1n) is 6.07. The minimum absolute atomic E-state index is 0.0598. The summed E-state index contributed by atoms with van der Waals surface area (Å²) >= 11 is 1.48. The van der Waals surface area contributed by atoms with E-state index in [9.17, 15) is 27.6 Å². The van der Waals surface area contributed by atoms with Crippen LogP contribution in [0.5, 0.6) is 0 Å². The van der Waals surface area contributed by atoms with Gasteiger partial charge in [0.15, 0.2) is 6.61 Å². The second-order valence-corrected chi connectivity index (χ2v) is 4.92. The van der Waals surface area contributed by atoms with Gasteiger partial charge in [-0.05, 0) is 28.8 Å². The molecule has 0 spiro atoms. The smallest absolute Gasteiger partial charge is 0.405 e. The average Bonchev–Trinajstić information content (AvgIpc) is 2.93. The standard InChI is InChI=1S/C12H13F3N2O4S/c13-12(14,15)7-16-11(20)17-9(18)5-21-10(19)2-1-8-3-4-22-6-8/h3-4,6H,1-2,5,7H2,(H2,16,17,18,20). The molecule has 0 aliphatic carbocycles. The van der Waals surface area contributed by atoms with Gasteiger partial charge < -0.3 is 10.1 Å². The number of alkyl halides is 3. The van der Waals surface area contributed by atoms with Crippen molar-refractivity contribution in [1.29, 1.82) is 0 Å². The Kier molecular flexibility index (Phi) is 6.83. The number of nitrogens with one attached hydrogen (secondary N) is 2. The van der Waals surface area contributed by atoms with Crippen LogP contribution in [-0.4, -0.2) is 37.2 Å². The van der Waals surface area contributed by atoms with Gasteiger partial charge >= 0.3 is 18.2 Å². The highest BCUT2D eigenvalue weighted by atomic mass is 32.1. The zero-order valence-corrected chi connectivity index (χ0v) is 12.1. The predicted molar refractivity (Wildman–Crippen MR) is 71.2 cm³/mol. The van der Waals surface area contributed by atoms with Gasteiger partial charge in [0.2, 0.25) is 0 Å². The number of aryl methyl sites for hydroxylation is 1. The van der Waals surface area contributed by atoms with Gasteiger partial charge in [-0.1, -0.05) is 0 Å². The fourth-order valence-electron chi connectivity index (χ4n) is 1.29. The second-order valence-electron chi connectivity index (χ2n) is 4.14. The van der Waals surface area contributed by atoms with Crippen LogP contribution in [-0.2, 0) is 20.7 Å². The quantitative estimate of drug-likeness (QED) is 0.772. The summed E-state index contributed by atoms with van der Waals surface area (Å²) in [6.45, 7) is -2.30. The zero-order chi connectivity index (χ0) is 16.6. The molecule has 0 aliphatic rings. The number of thiophene rings is 1. The minimum Gasteiger partial charge on any atom is -0.456 e. The number of carbonyl (C=O) groups excluding carboxylic acids is 3. The van der Waals surface area contributed by atoms with Crippen LogP contribution in [0.1, 0.15) is 12.0 Å². The Hall–Kier alpha value is -2.10. The maximum atomic E-state index is 11.8. The van der Waals surface area contributed by atoms with Crippen molar-refractivity contribution in [3.8, 4) is 0 Å². The first-order chi connectivity index (χ1) is 10.3. The molecule has 1 rings (SSSR count). The molecule has 0 saturated heterocycles. The van der Waals surface area contributed by atoms with Gasteiger partial charge in [0, 0.05) is 6.42 Å². The number of rotatable bonds is 6. The summed E-state index contributed by atoms with van der Waals surface area (Å²) in [7, 11) is 0. The molecule has 22 heavy (non-hydrogen) atoms. The van der Waals surface area contributed by atoms with Gasteiger partial charge in [0.1, 0.15) is 6.54 Å². The first kappa shape index (κ1) is 18.0. The number of carbonyl (C=O) groups is 3. The molecule has 0 unspecified atom stereocenters. The third-order valence-electron chi connectivity index (χ3n) is 2.26. The largest absolute Gasteiger partial charge is 0.456 e. The van der Waals surface area contributed by atoms with Gasteiger partial charge in [0.25, 0.3) is 5.91 Å². The summed E-state index contributed by atoms with van der Waals surface area (Å²) in [5.41, 5.74) is 0.956. The highest BCUT2D eigenvalue weighted by Crippen LogP contribution is 2.12. The van der Waals surface area contributed by atoms with Gasteiger partial charge in [-0.25, -0.2) is 4.79 Å². The molecule has 0 bridgehead atoms. The number of ether oxygens (including phenoxy) is 1. The maximum Gasteiger partial charge on any atom is 0.405 e. The predicted octanol–water partition coefficient (Wildman–Crippen LogP) is 1.61. The van der Waals surface area contributed by atoms with Gasteiger partial charge in [-0.15, -0.1) is 0 Å². The van der Waals surface area contributed by atoms with E-state index in [4.69, 9.17) is 0 Å². The normalized spacial score (nSPS) is 10.9. The Morgan fingerprint density at radius 3 is 2.59 bits per heavy atom. The Labute approximate surface area is 127 Å². The Bertz CT molecular complexity index is 517. The molecule has 122 valence electrons. The van der Waals surface area contributed by atoms with Crippen molar-refractivity contribution in [1.82, 2.24) is 10.6 Å². The number of hydrogen-bond acceptors (Lipinski definition) is 5. The van der Waals surface area contributed by atoms with Crippen molar-refractivity contribution >= 4 is 29.2 Å². The maximum absolute atomic E-state index is 11.8. The van der Waals surface area contributed by atoms with Crippen LogP contribution >= 0.6 is 11.3 Å². The summed E-state index contributed by atoms with van der Waals surface area (Å²) < 4.78 is 40.0. The molecule has 1 heterocycles. The molecule has 0 aromatic carbocycles. The zero-order valence-electron chi connectivity index (χ0n) is 11.2. The fourth-order valence-corrected chi connectivity index (χ4v) is 1.99. The molecular weight excluding hydrogens is 325 g/mol. The fraction of sp³-hybridized carbons (Fsp3) is 0.417. The number of halogens is 3. The summed E-state index contributed by atoms with van der Waals surface area (Å²) in [4.78, 5) is 33.5. The highest BCUT2D eigenvalue weighted by Gasteiger charge is 2.28. The van der Waals surface area contributed by atoms with Crippen molar-refractivity contribution in [2.75, 3.05) is 13.2 Å². The minimum atomic E-state index is -4.57. The van der Waals surface area contributed by atoms with E-state index in [0.29, 0.717) is 6.42 Å². The highest BCUT2D eigenvalue weighted by molar-refractivity contribution is 7.07. The van der Waals surface area contributed by atoms with E-state index in [1.54, 1.807) is 5.32 Å². The van der Waals surface area contributed by atoms with E-state index in [-0.39, 0.29) is 6.42 Å². The summed E-state index contributed by atoms with van der Waals surface area (Å²) in [6.07, 6.45) is -4.06. The number of imide groups is 1. The Morgan fingerprint density at radius 2 is 2.00 bits per heavy atom. The van der Waals surface area contributed by atoms with Crippen LogP contribution in [0, 0.1) is 0 Å². The molecule has 1 aromatic heterocycles. The van der Waals surface area contributed by atoms with Crippen molar-refractivity contribution < 1.29 is 32.3 Å². The summed E-state index contributed by atoms with van der Waals surface area (Å²) in [6, 6.07) is 0.534. The van der Waals surface area contributed by atoms with E-state index >= 15 is 0 Å². The SMILES string of the molecule is O=C(COC(=O)CCc1ccsc1)NC(=O)NCC(F)(F)F. The topological polar surface area (TPSA) is 84.5 Å². The Morgan fingerprint density at radius 1 is 1.27 bits per heavy atom. The molecule has 0 atom stereocenters. The van der Waals surface area contributed by atoms with Crippen LogP contribution in [0.2, 0.25) is 0 Å². The molecule has 3 amide bonds. The average molecular weight is 338 g/mol. The van der Waals surface area contributed by atoms with Crippen LogP contribution in [0.15, 0.2) is 16.8 Å². The molecule has 0 saturated carbocycles. The molecule has 6 nitrogen and oxygen atoms in total. The van der Waals surface area contributed by atoms with E-state index in [1.165, 1.54) is 16.7 Å². The number of amides is 3. The molecular formula is C12H13F3N2O4S. The Balaban J connectivity index is 2.16. The van der Waals surface area contributed by atoms with Crippen molar-refractivity contribution in [2.45, 2.75) is 19.0 Å². The lowest BCUT2D eigenvalue weighted by atomic mass is 10.2. The van der Waals surface area contributed by atoms with E-state index in [2.05, 4.69) is 4.74 Å². The number of urea groups is 1. The van der Waals surface area contributed by atoms with Crippen LogP contribution in [0.4, 0.5) is 18.0 Å². The summed E-state index contributed by atoms with van der Waals surface area (Å²) in [5.74, 6) is -1.65. The second kappa shape index (κ2) is 8.37. The van der Waals surface area contributed by atoms with Crippen molar-refractivity contribution in [2.24, 2.45) is 0 Å². The van der Waals surface area contributed by atoms with Gasteiger partial charge in [-0.2, -0.15) is 24.5 Å². The van der Waals surface area contributed by atoms with Crippen LogP contribution in [0.25, 0.3) is 0 Å². The lowest BCUT2D eigenvalue weighted by Crippen LogP contribution is -2.44. The molecule has 0 aliphatic heterocycles. The number of esters is 1. The molecule has 0 radical (unpaired) electrons. The van der Waals surface area contributed by atoms with E-state index in [1.807, 2.05) is 16.8 Å². The molecule has 10 heteroatoms. The van der Waals surface area contributed by atoms with Crippen LogP contribution < -0.4 is 10.6 Å². The van der Waals surface area contributed by atoms with Crippen LogP contribution in [0.3, 0.4) is 0 Å². The van der Waals surface area contributed by atoms with E-state index in [0.717, 1.165) is 5.56 Å². The third-order valence-corrected chi connectivity index (χ3v) is 3.00. The summed E-state index contributed by atoms with van der Waals surface area (Å²) in [5, 5.41) is 6.78. The van der Waals surface area contributed by atoms with E-state index < -0.39 is 37.2 Å². The molecule has 2 N–H and O–H groups in total. The lowest BCUT2D eigenvalue weighted by molar-refractivity contribution is -0.148. The molecule has 0 fully saturated rings. The lowest BCUT2D eigenvalue weighted by Gasteiger charge is -2.09. The number of hydrogen-bond donors (Lipinski definition) is 2. The van der Waals surface area contributed by atoms with Crippen molar-refractivity contribution in [3.05, 3.63) is 22.4 Å². The molecule has 1 aromatic rings. The van der Waals surface area contributed by atoms with Crippen molar-refractivity contribution in [3.63, 3.8) is 0 Å².